The highest BCUT2D eigenvalue weighted by molar-refractivity contribution is 7.89. The Labute approximate surface area is 162 Å². The van der Waals surface area contributed by atoms with Gasteiger partial charge in [-0.1, -0.05) is 12.5 Å². The molecule has 0 spiro atoms. The maximum atomic E-state index is 12.9. The van der Waals surface area contributed by atoms with Gasteiger partial charge in [0.2, 0.25) is 10.0 Å². The molecule has 0 saturated carbocycles. The normalized spacial score (nSPS) is 18.9. The Kier molecular flexibility index (Phi) is 6.34. The Bertz CT molecular complexity index is 847. The van der Waals surface area contributed by atoms with Gasteiger partial charge in [0.25, 0.3) is 0 Å². The van der Waals surface area contributed by atoms with Crippen LogP contribution in [0.15, 0.2) is 41.6 Å². The van der Waals surface area contributed by atoms with Crippen LogP contribution in [0.2, 0.25) is 0 Å². The van der Waals surface area contributed by atoms with Crippen molar-refractivity contribution in [2.75, 3.05) is 13.1 Å². The van der Waals surface area contributed by atoms with E-state index < -0.39 is 10.0 Å². The maximum absolute atomic E-state index is 12.9. The summed E-state index contributed by atoms with van der Waals surface area (Å²) < 4.78 is 30.2. The molecule has 1 fully saturated rings. The summed E-state index contributed by atoms with van der Waals surface area (Å²) in [6.07, 6.45) is 7.93. The van der Waals surface area contributed by atoms with E-state index in [0.29, 0.717) is 23.5 Å². The smallest absolute Gasteiger partial charge is 0.240 e. The molecule has 0 bridgehead atoms. The quantitative estimate of drug-likeness (QED) is 0.789. The van der Waals surface area contributed by atoms with E-state index >= 15 is 0 Å². The summed E-state index contributed by atoms with van der Waals surface area (Å²) >= 11 is 0. The lowest BCUT2D eigenvalue weighted by atomic mass is 9.98. The zero-order valence-electron chi connectivity index (χ0n) is 16.4. The monoisotopic (exact) mass is 390 g/mol. The third kappa shape index (κ3) is 4.78. The first-order chi connectivity index (χ1) is 12.9. The number of rotatable bonds is 7. The van der Waals surface area contributed by atoms with Crippen molar-refractivity contribution < 1.29 is 8.42 Å². The van der Waals surface area contributed by atoms with E-state index in [4.69, 9.17) is 0 Å². The molecule has 27 heavy (non-hydrogen) atoms. The van der Waals surface area contributed by atoms with E-state index in [1.165, 1.54) is 12.8 Å². The zero-order chi connectivity index (χ0) is 19.4. The van der Waals surface area contributed by atoms with Crippen LogP contribution in [0.1, 0.15) is 45.1 Å². The summed E-state index contributed by atoms with van der Waals surface area (Å²) in [6, 6.07) is 8.16. The van der Waals surface area contributed by atoms with Crippen molar-refractivity contribution in [1.82, 2.24) is 19.4 Å². The van der Waals surface area contributed by atoms with Gasteiger partial charge < -0.3 is 0 Å². The second-order valence-electron chi connectivity index (χ2n) is 7.57. The van der Waals surface area contributed by atoms with Gasteiger partial charge in [-0.25, -0.2) is 17.8 Å². The Morgan fingerprint density at radius 2 is 2.11 bits per heavy atom. The number of nitrogens with one attached hydrogen (secondary N) is 1. The minimum Gasteiger partial charge on any atom is -0.298 e. The Balaban J connectivity index is 1.69. The first-order valence-corrected chi connectivity index (χ1v) is 11.2. The number of sulfonamides is 1. The van der Waals surface area contributed by atoms with E-state index in [1.54, 1.807) is 23.1 Å². The van der Waals surface area contributed by atoms with Crippen molar-refractivity contribution in [3.63, 3.8) is 0 Å². The van der Waals surface area contributed by atoms with Gasteiger partial charge in [0.15, 0.2) is 0 Å². The molecule has 1 aliphatic heterocycles. The number of aromatic nitrogens is 2. The van der Waals surface area contributed by atoms with Crippen LogP contribution in [0.25, 0.3) is 5.69 Å². The highest BCUT2D eigenvalue weighted by Gasteiger charge is 2.25. The van der Waals surface area contributed by atoms with E-state index in [-0.39, 0.29) is 0 Å². The van der Waals surface area contributed by atoms with Gasteiger partial charge >= 0.3 is 0 Å². The number of likely N-dealkylation sites (tertiary alicyclic amines) is 1. The number of aryl methyl sites for hydroxylation is 1. The van der Waals surface area contributed by atoms with Gasteiger partial charge in [-0.3, -0.25) is 4.90 Å². The van der Waals surface area contributed by atoms with Crippen LogP contribution < -0.4 is 4.72 Å². The molecule has 3 rings (SSSR count). The summed E-state index contributed by atoms with van der Waals surface area (Å²) in [4.78, 5) is 2.82. The summed E-state index contributed by atoms with van der Waals surface area (Å²) in [5.74, 6) is 0. The molecule has 2 aromatic rings. The number of hydrogen-bond donors (Lipinski definition) is 1. The van der Waals surface area contributed by atoms with Crippen molar-refractivity contribution in [3.8, 4) is 5.69 Å². The number of benzene rings is 1. The molecular weight excluding hydrogens is 360 g/mol. The van der Waals surface area contributed by atoms with Crippen LogP contribution >= 0.6 is 0 Å². The fourth-order valence-electron chi connectivity index (χ4n) is 3.89. The molecule has 1 aromatic heterocycles. The first-order valence-electron chi connectivity index (χ1n) is 9.74. The number of nitrogens with zero attached hydrogens (tertiary/aromatic N) is 3. The molecule has 1 saturated heterocycles. The number of piperidine rings is 1. The predicted molar refractivity (Wildman–Crippen MR) is 108 cm³/mol. The predicted octanol–water partition coefficient (Wildman–Crippen LogP) is 3.11. The molecule has 0 aliphatic carbocycles. The molecule has 0 amide bonds. The van der Waals surface area contributed by atoms with Gasteiger partial charge in [0.1, 0.15) is 0 Å². The third-order valence-corrected chi connectivity index (χ3v) is 6.94. The van der Waals surface area contributed by atoms with Crippen LogP contribution in [-0.2, 0) is 10.0 Å². The molecule has 1 N–H and O–H groups in total. The molecule has 2 heterocycles. The second kappa shape index (κ2) is 8.54. The van der Waals surface area contributed by atoms with Crippen LogP contribution in [-0.4, -0.2) is 48.3 Å². The topological polar surface area (TPSA) is 67.2 Å². The van der Waals surface area contributed by atoms with Crippen molar-refractivity contribution in [2.45, 2.75) is 63.4 Å². The Morgan fingerprint density at radius 3 is 2.81 bits per heavy atom. The van der Waals surface area contributed by atoms with Crippen molar-refractivity contribution in [3.05, 3.63) is 42.2 Å². The molecule has 0 unspecified atom stereocenters. The van der Waals surface area contributed by atoms with E-state index in [1.807, 2.05) is 25.1 Å². The van der Waals surface area contributed by atoms with E-state index in [9.17, 15) is 8.42 Å². The molecule has 7 heteroatoms. The van der Waals surface area contributed by atoms with Gasteiger partial charge in [-0.15, -0.1) is 0 Å². The molecule has 1 atom stereocenters. The average Bonchev–Trinajstić information content (AvgIpc) is 3.17. The van der Waals surface area contributed by atoms with Crippen LogP contribution in [0, 0.1) is 6.92 Å². The van der Waals surface area contributed by atoms with Gasteiger partial charge in [0.05, 0.1) is 10.6 Å². The summed E-state index contributed by atoms with van der Waals surface area (Å²) in [7, 11) is -3.55. The summed E-state index contributed by atoms with van der Waals surface area (Å²) in [6.45, 7) is 7.82. The lowest BCUT2D eigenvalue weighted by molar-refractivity contribution is 0.106. The van der Waals surface area contributed by atoms with Crippen molar-refractivity contribution >= 4 is 10.0 Å². The van der Waals surface area contributed by atoms with Gasteiger partial charge in [0, 0.05) is 31.0 Å². The Hall–Kier alpha value is -1.70. The molecule has 6 nitrogen and oxygen atoms in total. The first kappa shape index (κ1) is 20.0. The van der Waals surface area contributed by atoms with Crippen molar-refractivity contribution in [2.24, 2.45) is 0 Å². The van der Waals surface area contributed by atoms with Crippen LogP contribution in [0.4, 0.5) is 0 Å². The van der Waals surface area contributed by atoms with E-state index in [2.05, 4.69) is 28.6 Å². The highest BCUT2D eigenvalue weighted by Crippen LogP contribution is 2.23. The van der Waals surface area contributed by atoms with Gasteiger partial charge in [-0.05, 0) is 70.3 Å². The number of hydrogen-bond acceptors (Lipinski definition) is 4. The largest absolute Gasteiger partial charge is 0.298 e. The summed E-state index contributed by atoms with van der Waals surface area (Å²) in [5, 5.41) is 4.18. The molecule has 1 aliphatic rings. The molecule has 0 radical (unpaired) electrons. The van der Waals surface area contributed by atoms with Crippen molar-refractivity contribution in [1.29, 1.82) is 0 Å². The molecule has 1 aromatic carbocycles. The van der Waals surface area contributed by atoms with Crippen LogP contribution in [0.5, 0.6) is 0 Å². The standard InChI is InChI=1S/C20H30N4O2S/c1-16(2)23-13-5-4-7-18(23)10-12-22-27(25,26)20-15-19(9-8-17(20)3)24-14-6-11-21-24/h6,8-9,11,14-16,18,22H,4-5,7,10,12-13H2,1-3H3/t18-/m1/s1. The van der Waals surface area contributed by atoms with Crippen LogP contribution in [0.3, 0.4) is 0 Å². The SMILES string of the molecule is Cc1ccc(-n2cccn2)cc1S(=O)(=O)NCC[C@H]1CCCCN1C(C)C. The second-order valence-corrected chi connectivity index (χ2v) is 9.30. The minimum atomic E-state index is -3.55. The average molecular weight is 391 g/mol. The fraction of sp³-hybridized carbons (Fsp3) is 0.550. The minimum absolute atomic E-state index is 0.319. The molecule has 148 valence electrons. The Morgan fingerprint density at radius 1 is 1.30 bits per heavy atom. The lowest BCUT2D eigenvalue weighted by Crippen LogP contribution is -2.45. The molecular formula is C20H30N4O2S. The lowest BCUT2D eigenvalue weighted by Gasteiger charge is -2.38. The summed E-state index contributed by atoms with van der Waals surface area (Å²) in [5.41, 5.74) is 1.48. The van der Waals surface area contributed by atoms with E-state index in [0.717, 1.165) is 30.6 Å². The maximum Gasteiger partial charge on any atom is 0.240 e. The third-order valence-electron chi connectivity index (χ3n) is 5.34. The highest BCUT2D eigenvalue weighted by atomic mass is 32.2. The zero-order valence-corrected chi connectivity index (χ0v) is 17.2. The fourth-order valence-corrected chi connectivity index (χ4v) is 5.20. The van der Waals surface area contributed by atoms with Gasteiger partial charge in [-0.2, -0.15) is 5.10 Å².